The van der Waals surface area contributed by atoms with Gasteiger partial charge in [-0.05, 0) is 60.7 Å². The molecule has 0 radical (unpaired) electrons. The summed E-state index contributed by atoms with van der Waals surface area (Å²) in [5, 5.41) is 27.8. The lowest BCUT2D eigenvalue weighted by Crippen LogP contribution is -2.31. The number of hydrogen-bond acceptors (Lipinski definition) is 8. The maximum atomic E-state index is 12.1. The smallest absolute Gasteiger partial charge is 0.232 e. The van der Waals surface area contributed by atoms with Crippen LogP contribution >= 0.6 is 0 Å². The van der Waals surface area contributed by atoms with Crippen LogP contribution in [-0.2, 0) is 16.4 Å². The lowest BCUT2D eigenvalue weighted by atomic mass is 10.1. The van der Waals surface area contributed by atoms with Gasteiger partial charge in [0.15, 0.2) is 5.65 Å². The van der Waals surface area contributed by atoms with E-state index in [1.165, 1.54) is 4.31 Å². The summed E-state index contributed by atoms with van der Waals surface area (Å²) in [4.78, 5) is 9.08. The van der Waals surface area contributed by atoms with E-state index in [0.29, 0.717) is 35.1 Å². The topological polar surface area (TPSA) is 133 Å². The Morgan fingerprint density at radius 2 is 1.97 bits per heavy atom. The lowest BCUT2D eigenvalue weighted by Gasteiger charge is -2.22. The number of aromatic hydroxyl groups is 1. The number of benzene rings is 2. The van der Waals surface area contributed by atoms with Gasteiger partial charge in [0.25, 0.3) is 0 Å². The molecule has 0 bridgehead atoms. The van der Waals surface area contributed by atoms with Gasteiger partial charge in [-0.15, -0.1) is 0 Å². The molecule has 4 aromatic rings. The highest BCUT2D eigenvalue weighted by molar-refractivity contribution is 7.92. The summed E-state index contributed by atoms with van der Waals surface area (Å²) >= 11 is 0. The van der Waals surface area contributed by atoms with Gasteiger partial charge in [0.1, 0.15) is 5.75 Å². The van der Waals surface area contributed by atoms with E-state index < -0.39 is 10.0 Å². The summed E-state index contributed by atoms with van der Waals surface area (Å²) in [7, 11) is -3.47. The molecule has 0 amide bonds. The van der Waals surface area contributed by atoms with Gasteiger partial charge in [0, 0.05) is 25.0 Å². The zero-order valence-electron chi connectivity index (χ0n) is 19.2. The summed E-state index contributed by atoms with van der Waals surface area (Å²) < 4.78 is 27.4. The predicted molar refractivity (Wildman–Crippen MR) is 134 cm³/mol. The minimum Gasteiger partial charge on any atom is -0.508 e. The van der Waals surface area contributed by atoms with E-state index in [1.807, 2.05) is 16.8 Å². The number of phenolic OH excluding ortho intramolecular Hbond substituents is 1. The largest absolute Gasteiger partial charge is 0.508 e. The van der Waals surface area contributed by atoms with Crippen molar-refractivity contribution < 1.29 is 18.6 Å². The van der Waals surface area contributed by atoms with E-state index in [0.717, 1.165) is 35.6 Å². The van der Waals surface area contributed by atoms with Gasteiger partial charge in [0.05, 0.1) is 29.6 Å². The van der Waals surface area contributed by atoms with Crippen LogP contribution in [0, 0.1) is 0 Å². The summed E-state index contributed by atoms with van der Waals surface area (Å²) in [6.45, 7) is 0.115. The zero-order chi connectivity index (χ0) is 24.6. The molecule has 0 saturated carbocycles. The van der Waals surface area contributed by atoms with Crippen molar-refractivity contribution in [1.82, 2.24) is 19.7 Å². The third kappa shape index (κ3) is 4.52. The molecule has 35 heavy (non-hydrogen) atoms. The van der Waals surface area contributed by atoms with Crippen LogP contribution in [0.5, 0.6) is 5.75 Å². The monoisotopic (exact) mass is 494 g/mol. The Morgan fingerprint density at radius 3 is 2.71 bits per heavy atom. The Balaban J connectivity index is 1.40. The van der Waals surface area contributed by atoms with Gasteiger partial charge in [-0.3, -0.25) is 4.31 Å². The first-order valence-electron chi connectivity index (χ1n) is 11.3. The molecule has 1 atom stereocenters. The molecule has 1 unspecified atom stereocenters. The van der Waals surface area contributed by atoms with Crippen LogP contribution in [-0.4, -0.2) is 57.8 Å². The molecule has 0 fully saturated rings. The highest BCUT2D eigenvalue weighted by atomic mass is 32.2. The van der Waals surface area contributed by atoms with Crippen LogP contribution in [0.15, 0.2) is 54.9 Å². The predicted octanol–water partition coefficient (Wildman–Crippen LogP) is 2.96. The van der Waals surface area contributed by atoms with Crippen LogP contribution in [0.1, 0.15) is 30.0 Å². The third-order valence-corrected chi connectivity index (χ3v) is 7.37. The number of sulfonamides is 1. The normalized spacial score (nSPS) is 15.3. The fourth-order valence-electron chi connectivity index (χ4n) is 4.53. The average Bonchev–Trinajstić information content (AvgIpc) is 3.44. The Morgan fingerprint density at radius 1 is 1.17 bits per heavy atom. The average molecular weight is 495 g/mol. The number of aliphatic hydroxyl groups excluding tert-OH is 1. The molecule has 0 saturated heterocycles. The molecule has 182 valence electrons. The molecule has 1 aliphatic carbocycles. The molecule has 1 aliphatic rings. The second kappa shape index (κ2) is 9.16. The van der Waals surface area contributed by atoms with Gasteiger partial charge < -0.3 is 15.5 Å². The van der Waals surface area contributed by atoms with Gasteiger partial charge >= 0.3 is 0 Å². The van der Waals surface area contributed by atoms with Crippen LogP contribution in [0.25, 0.3) is 11.0 Å². The first-order valence-corrected chi connectivity index (χ1v) is 13.2. The van der Waals surface area contributed by atoms with Crippen molar-refractivity contribution in [3.05, 3.63) is 66.0 Å². The Kier molecular flexibility index (Phi) is 6.03. The van der Waals surface area contributed by atoms with Crippen molar-refractivity contribution in [1.29, 1.82) is 0 Å². The molecule has 2 aromatic carbocycles. The number of hydrogen-bond donors (Lipinski definition) is 3. The maximum absolute atomic E-state index is 12.1. The molecule has 5 rings (SSSR count). The number of fused-ring (bicyclic) bond motifs is 2. The summed E-state index contributed by atoms with van der Waals surface area (Å²) in [6.07, 6.45) is 6.54. The van der Waals surface area contributed by atoms with Crippen molar-refractivity contribution in [2.75, 3.05) is 29.0 Å². The Bertz CT molecular complexity index is 1470. The van der Waals surface area contributed by atoms with Gasteiger partial charge in [0.2, 0.25) is 16.0 Å². The van der Waals surface area contributed by atoms with Crippen LogP contribution in [0.2, 0.25) is 0 Å². The fraction of sp³-hybridized carbons (Fsp3) is 0.292. The van der Waals surface area contributed by atoms with Crippen molar-refractivity contribution in [3.8, 4) is 5.75 Å². The SMILES string of the molecule is CS(=O)(=O)N(CCCO)c1ccc(Nc2ncc3cnn(C4CCc5c(O)cccc54)c3n2)cc1. The Hall–Kier alpha value is -3.70. The van der Waals surface area contributed by atoms with Gasteiger partial charge in [-0.1, -0.05) is 12.1 Å². The molecule has 10 nitrogen and oxygen atoms in total. The number of anilines is 3. The molecular formula is C24H26N6O4S. The number of phenols is 1. The second-order valence-corrected chi connectivity index (χ2v) is 10.5. The highest BCUT2D eigenvalue weighted by Gasteiger charge is 2.28. The van der Waals surface area contributed by atoms with E-state index in [-0.39, 0.29) is 19.2 Å². The lowest BCUT2D eigenvalue weighted by molar-refractivity contribution is 0.291. The van der Waals surface area contributed by atoms with Crippen molar-refractivity contribution in [2.24, 2.45) is 0 Å². The molecule has 2 heterocycles. The number of nitrogens with zero attached hydrogens (tertiary/aromatic N) is 5. The van der Waals surface area contributed by atoms with E-state index in [4.69, 9.17) is 5.11 Å². The van der Waals surface area contributed by atoms with Crippen LogP contribution < -0.4 is 9.62 Å². The Labute approximate surface area is 202 Å². The summed E-state index contributed by atoms with van der Waals surface area (Å²) in [5.41, 5.74) is 3.91. The third-order valence-electron chi connectivity index (χ3n) is 6.17. The second-order valence-electron chi connectivity index (χ2n) is 8.55. The zero-order valence-corrected chi connectivity index (χ0v) is 20.0. The first-order chi connectivity index (χ1) is 16.8. The summed E-state index contributed by atoms with van der Waals surface area (Å²) in [5.74, 6) is 0.703. The van der Waals surface area contributed by atoms with Crippen molar-refractivity contribution in [2.45, 2.75) is 25.3 Å². The minimum atomic E-state index is -3.47. The standard InChI is InChI=1S/C24H26N6O4S/c1-35(33,34)29(12-3-13-31)18-8-6-17(7-9-18)27-24-25-14-16-15-26-30(23(16)28-24)21-11-10-20-19(21)4-2-5-22(20)32/h2,4-9,14-15,21,31-32H,3,10-13H2,1H3,(H,25,27,28). The number of rotatable bonds is 8. The maximum Gasteiger partial charge on any atom is 0.232 e. The molecule has 0 spiro atoms. The molecule has 3 N–H and O–H groups in total. The van der Waals surface area contributed by atoms with Gasteiger partial charge in [-0.2, -0.15) is 10.1 Å². The van der Waals surface area contributed by atoms with Crippen molar-refractivity contribution in [3.63, 3.8) is 0 Å². The van der Waals surface area contributed by atoms with Crippen LogP contribution in [0.3, 0.4) is 0 Å². The number of aliphatic hydroxyl groups is 1. The van der Waals surface area contributed by atoms with E-state index in [2.05, 4.69) is 20.4 Å². The van der Waals surface area contributed by atoms with Gasteiger partial charge in [-0.25, -0.2) is 18.1 Å². The van der Waals surface area contributed by atoms with E-state index in [9.17, 15) is 13.5 Å². The van der Waals surface area contributed by atoms with E-state index in [1.54, 1.807) is 42.7 Å². The molecule has 11 heteroatoms. The van der Waals surface area contributed by atoms with Crippen LogP contribution in [0.4, 0.5) is 17.3 Å². The van der Waals surface area contributed by atoms with Crippen molar-refractivity contribution >= 4 is 38.4 Å². The first kappa shape index (κ1) is 23.1. The van der Waals surface area contributed by atoms with E-state index >= 15 is 0 Å². The molecular weight excluding hydrogens is 468 g/mol. The fourth-order valence-corrected chi connectivity index (χ4v) is 5.50. The molecule has 0 aliphatic heterocycles. The number of nitrogens with one attached hydrogen (secondary N) is 1. The summed E-state index contributed by atoms with van der Waals surface area (Å²) in [6, 6.07) is 12.5. The highest BCUT2D eigenvalue weighted by Crippen LogP contribution is 2.39. The quantitative estimate of drug-likeness (QED) is 0.340. The number of aromatic nitrogens is 4. The minimum absolute atomic E-state index is 0.0162. The molecule has 2 aromatic heterocycles.